The molecular weight excluding hydrogens is 208 g/mol. The van der Waals surface area contributed by atoms with Crippen LogP contribution in [0.2, 0.25) is 5.02 Å². The van der Waals surface area contributed by atoms with E-state index in [2.05, 4.69) is 0 Å². The van der Waals surface area contributed by atoms with Crippen LogP contribution in [0.3, 0.4) is 0 Å². The first-order valence-electron chi connectivity index (χ1n) is 3.74. The molecule has 0 atom stereocenters. The number of phenols is 1. The lowest BCUT2D eigenvalue weighted by Gasteiger charge is -2.01. The quantitative estimate of drug-likeness (QED) is 0.593. The summed E-state index contributed by atoms with van der Waals surface area (Å²) < 4.78 is 0. The smallest absolute Gasteiger partial charge is 0.311 e. The van der Waals surface area contributed by atoms with Crippen molar-refractivity contribution in [3.8, 4) is 5.75 Å². The number of rotatable bonds is 3. The lowest BCUT2D eigenvalue weighted by Crippen LogP contribution is -2.07. The lowest BCUT2D eigenvalue weighted by atomic mass is 10.1. The second-order valence-electron chi connectivity index (χ2n) is 2.66. The average Bonchev–Trinajstić information content (AvgIpc) is 2.08. The van der Waals surface area contributed by atoms with Gasteiger partial charge >= 0.3 is 5.97 Å². The summed E-state index contributed by atoms with van der Waals surface area (Å²) in [6.07, 6.45) is -0.659. The van der Waals surface area contributed by atoms with Gasteiger partial charge in [-0.05, 0) is 18.2 Å². The van der Waals surface area contributed by atoms with Crippen LogP contribution in [0.25, 0.3) is 0 Å². The number of Topliss-reactive ketones (excluding diaryl/α,β-unsaturated/α-hetero) is 1. The summed E-state index contributed by atoms with van der Waals surface area (Å²) in [7, 11) is 0. The number of aromatic hydroxyl groups is 1. The van der Waals surface area contributed by atoms with Crippen LogP contribution in [0.15, 0.2) is 18.2 Å². The van der Waals surface area contributed by atoms with Gasteiger partial charge in [-0.15, -0.1) is 0 Å². The van der Waals surface area contributed by atoms with E-state index in [1.54, 1.807) is 0 Å². The zero-order valence-corrected chi connectivity index (χ0v) is 7.78. The first-order chi connectivity index (χ1) is 6.50. The predicted octanol–water partition coefficient (Wildman–Crippen LogP) is 1.70. The molecular formula is C9H7ClO4. The van der Waals surface area contributed by atoms with Crippen LogP contribution in [0.5, 0.6) is 5.75 Å². The Morgan fingerprint density at radius 1 is 1.36 bits per heavy atom. The summed E-state index contributed by atoms with van der Waals surface area (Å²) in [5.74, 6) is -2.17. The molecule has 0 aromatic heterocycles. The van der Waals surface area contributed by atoms with Crippen LogP contribution in [0.4, 0.5) is 0 Å². The first-order valence-corrected chi connectivity index (χ1v) is 4.12. The normalized spacial score (nSPS) is 9.79. The standard InChI is InChI=1S/C9H7ClO4/c10-5-1-2-7(11)6(3-5)8(12)4-9(13)14/h1-3,11H,4H2,(H,13,14). The van der Waals surface area contributed by atoms with E-state index in [0.717, 1.165) is 0 Å². The number of carbonyl (C=O) groups is 2. The minimum absolute atomic E-state index is 0.0695. The summed E-state index contributed by atoms with van der Waals surface area (Å²) in [5.41, 5.74) is -0.0695. The highest BCUT2D eigenvalue weighted by molar-refractivity contribution is 6.31. The third kappa shape index (κ3) is 2.47. The molecule has 1 rings (SSSR count). The van der Waals surface area contributed by atoms with Gasteiger partial charge in [-0.25, -0.2) is 0 Å². The van der Waals surface area contributed by atoms with Crippen LogP contribution < -0.4 is 0 Å². The molecule has 0 saturated carbocycles. The fraction of sp³-hybridized carbons (Fsp3) is 0.111. The minimum Gasteiger partial charge on any atom is -0.507 e. The summed E-state index contributed by atoms with van der Waals surface area (Å²) in [6.45, 7) is 0. The van der Waals surface area contributed by atoms with E-state index in [-0.39, 0.29) is 16.3 Å². The summed E-state index contributed by atoms with van der Waals surface area (Å²) in [4.78, 5) is 21.5. The Bertz CT molecular complexity index is 386. The number of hydrogen-bond acceptors (Lipinski definition) is 3. The highest BCUT2D eigenvalue weighted by atomic mass is 35.5. The van der Waals surface area contributed by atoms with Gasteiger partial charge in [0, 0.05) is 5.02 Å². The average molecular weight is 215 g/mol. The monoisotopic (exact) mass is 214 g/mol. The van der Waals surface area contributed by atoms with Gasteiger partial charge in [0.2, 0.25) is 0 Å². The molecule has 0 heterocycles. The fourth-order valence-corrected chi connectivity index (χ4v) is 1.14. The fourth-order valence-electron chi connectivity index (χ4n) is 0.964. The van der Waals surface area contributed by atoms with Gasteiger partial charge in [-0.3, -0.25) is 9.59 Å². The van der Waals surface area contributed by atoms with Gasteiger partial charge in [0.25, 0.3) is 0 Å². The van der Waals surface area contributed by atoms with Gasteiger partial charge in [-0.1, -0.05) is 11.6 Å². The molecule has 0 aliphatic rings. The van der Waals surface area contributed by atoms with E-state index < -0.39 is 18.2 Å². The van der Waals surface area contributed by atoms with Gasteiger partial charge in [0.05, 0.1) is 5.56 Å². The molecule has 0 unspecified atom stereocenters. The maximum absolute atomic E-state index is 11.2. The van der Waals surface area contributed by atoms with Gasteiger partial charge in [0.1, 0.15) is 12.2 Å². The molecule has 0 fully saturated rings. The molecule has 4 nitrogen and oxygen atoms in total. The second-order valence-corrected chi connectivity index (χ2v) is 3.09. The zero-order chi connectivity index (χ0) is 10.7. The van der Waals surface area contributed by atoms with Crippen molar-refractivity contribution >= 4 is 23.4 Å². The molecule has 0 bridgehead atoms. The van der Waals surface area contributed by atoms with E-state index in [1.165, 1.54) is 18.2 Å². The Morgan fingerprint density at radius 2 is 2.00 bits per heavy atom. The van der Waals surface area contributed by atoms with Crippen molar-refractivity contribution < 1.29 is 19.8 Å². The van der Waals surface area contributed by atoms with E-state index in [0.29, 0.717) is 0 Å². The third-order valence-electron chi connectivity index (χ3n) is 1.57. The third-order valence-corrected chi connectivity index (χ3v) is 1.81. The van der Waals surface area contributed by atoms with Crippen LogP contribution in [-0.4, -0.2) is 22.0 Å². The largest absolute Gasteiger partial charge is 0.507 e. The van der Waals surface area contributed by atoms with Crippen molar-refractivity contribution in [2.75, 3.05) is 0 Å². The molecule has 5 heteroatoms. The minimum atomic E-state index is -1.24. The van der Waals surface area contributed by atoms with E-state index in [1.807, 2.05) is 0 Å². The maximum Gasteiger partial charge on any atom is 0.311 e. The molecule has 0 amide bonds. The van der Waals surface area contributed by atoms with Crippen molar-refractivity contribution in [2.24, 2.45) is 0 Å². The SMILES string of the molecule is O=C(O)CC(=O)c1cc(Cl)ccc1O. The Hall–Kier alpha value is -1.55. The Labute approximate surface area is 84.7 Å². The number of phenolic OH excluding ortho intramolecular Hbond substituents is 1. The summed E-state index contributed by atoms with van der Waals surface area (Å²) in [6, 6.07) is 3.90. The van der Waals surface area contributed by atoms with Crippen molar-refractivity contribution in [1.29, 1.82) is 0 Å². The van der Waals surface area contributed by atoms with E-state index >= 15 is 0 Å². The van der Waals surface area contributed by atoms with Crippen molar-refractivity contribution in [2.45, 2.75) is 6.42 Å². The number of aliphatic carboxylic acids is 1. The number of carbonyl (C=O) groups excluding carboxylic acids is 1. The molecule has 1 aromatic rings. The molecule has 0 aliphatic heterocycles. The predicted molar refractivity (Wildman–Crippen MR) is 49.7 cm³/mol. The zero-order valence-electron chi connectivity index (χ0n) is 7.03. The number of ketones is 1. The van der Waals surface area contributed by atoms with Gasteiger partial charge in [0.15, 0.2) is 5.78 Å². The Balaban J connectivity index is 3.00. The molecule has 0 radical (unpaired) electrons. The number of carboxylic acid groups (broad SMARTS) is 1. The number of hydrogen-bond donors (Lipinski definition) is 2. The van der Waals surface area contributed by atoms with Crippen LogP contribution >= 0.6 is 11.6 Å². The van der Waals surface area contributed by atoms with Crippen molar-refractivity contribution in [3.63, 3.8) is 0 Å². The van der Waals surface area contributed by atoms with Crippen LogP contribution in [-0.2, 0) is 4.79 Å². The van der Waals surface area contributed by atoms with Crippen LogP contribution in [0.1, 0.15) is 16.8 Å². The lowest BCUT2D eigenvalue weighted by molar-refractivity contribution is -0.135. The summed E-state index contributed by atoms with van der Waals surface area (Å²) in [5, 5.41) is 17.9. The Morgan fingerprint density at radius 3 is 2.57 bits per heavy atom. The molecule has 0 saturated heterocycles. The van der Waals surface area contributed by atoms with Crippen molar-refractivity contribution in [1.82, 2.24) is 0 Å². The van der Waals surface area contributed by atoms with E-state index in [9.17, 15) is 14.7 Å². The number of carboxylic acids is 1. The van der Waals surface area contributed by atoms with E-state index in [4.69, 9.17) is 16.7 Å². The molecule has 1 aromatic carbocycles. The maximum atomic E-state index is 11.2. The van der Waals surface area contributed by atoms with Crippen molar-refractivity contribution in [3.05, 3.63) is 28.8 Å². The highest BCUT2D eigenvalue weighted by Gasteiger charge is 2.14. The van der Waals surface area contributed by atoms with Crippen LogP contribution in [0, 0.1) is 0 Å². The second kappa shape index (κ2) is 4.11. The topological polar surface area (TPSA) is 74.6 Å². The molecule has 0 aliphatic carbocycles. The molecule has 14 heavy (non-hydrogen) atoms. The van der Waals surface area contributed by atoms with Gasteiger partial charge < -0.3 is 10.2 Å². The van der Waals surface area contributed by atoms with Gasteiger partial charge in [-0.2, -0.15) is 0 Å². The molecule has 74 valence electrons. The summed E-state index contributed by atoms with van der Waals surface area (Å²) >= 11 is 5.59. The highest BCUT2D eigenvalue weighted by Crippen LogP contribution is 2.22. The Kier molecular flexibility index (Phi) is 3.09. The first kappa shape index (κ1) is 10.5. The number of halogens is 1. The molecule has 2 N–H and O–H groups in total. The number of benzene rings is 1. The molecule has 0 spiro atoms.